The number of aliphatic imine (C=N–C) groups is 1. The fourth-order valence-corrected chi connectivity index (χ4v) is 3.42. The van der Waals surface area contributed by atoms with Gasteiger partial charge in [0.1, 0.15) is 0 Å². The summed E-state index contributed by atoms with van der Waals surface area (Å²) < 4.78 is 0. The van der Waals surface area contributed by atoms with Crippen LogP contribution in [0.25, 0.3) is 0 Å². The highest BCUT2D eigenvalue weighted by Crippen LogP contribution is 2.21. The number of halogens is 1. The molecule has 3 rings (SSSR count). The Balaban J connectivity index is 0.00000243. The topological polar surface area (TPSA) is 73.8 Å². The van der Waals surface area contributed by atoms with Crippen LogP contribution in [0.2, 0.25) is 0 Å². The average Bonchev–Trinajstić information content (AvgIpc) is 3.23. The van der Waals surface area contributed by atoms with Gasteiger partial charge in [-0.15, -0.1) is 35.3 Å². The number of nitrogens with one attached hydrogen (secondary N) is 2. The number of imide groups is 1. The summed E-state index contributed by atoms with van der Waals surface area (Å²) in [5.41, 5.74) is 0.955. The van der Waals surface area contributed by atoms with Crippen LogP contribution in [-0.2, 0) is 6.42 Å². The Morgan fingerprint density at radius 2 is 1.69 bits per heavy atom. The van der Waals surface area contributed by atoms with Gasteiger partial charge in [-0.2, -0.15) is 0 Å². The van der Waals surface area contributed by atoms with Crippen molar-refractivity contribution in [3.8, 4) is 0 Å². The largest absolute Gasteiger partial charge is 0.356 e. The van der Waals surface area contributed by atoms with Crippen molar-refractivity contribution in [2.24, 2.45) is 4.99 Å². The Labute approximate surface area is 173 Å². The van der Waals surface area contributed by atoms with Crippen molar-refractivity contribution in [3.63, 3.8) is 0 Å². The first kappa shape index (κ1) is 20.4. The van der Waals surface area contributed by atoms with E-state index in [-0.39, 0.29) is 35.8 Å². The standard InChI is InChI=1S/C18H20N4O2S.HI/c1-19-18(20-9-8-13-5-4-12-25-13)21-10-11-22-16(23)14-6-2-3-7-15(14)17(22)24;/h2-7,12H,8-11H2,1H3,(H2,19,20,21);1H. The molecule has 26 heavy (non-hydrogen) atoms. The molecule has 0 atom stereocenters. The molecule has 0 saturated carbocycles. The third-order valence-corrected chi connectivity index (χ3v) is 4.91. The lowest BCUT2D eigenvalue weighted by molar-refractivity contribution is 0.0657. The van der Waals surface area contributed by atoms with Crippen molar-refractivity contribution in [2.75, 3.05) is 26.7 Å². The van der Waals surface area contributed by atoms with Gasteiger partial charge < -0.3 is 10.6 Å². The lowest BCUT2D eigenvalue weighted by Gasteiger charge is -2.16. The number of thiophene rings is 1. The van der Waals surface area contributed by atoms with Gasteiger partial charge in [0.2, 0.25) is 0 Å². The minimum Gasteiger partial charge on any atom is -0.356 e. The zero-order chi connectivity index (χ0) is 17.6. The second-order valence-corrected chi connectivity index (χ2v) is 6.59. The number of nitrogens with zero attached hydrogens (tertiary/aromatic N) is 2. The molecule has 2 heterocycles. The molecule has 0 radical (unpaired) electrons. The summed E-state index contributed by atoms with van der Waals surface area (Å²) in [5.74, 6) is 0.194. The molecule has 1 aliphatic rings. The molecule has 2 aromatic rings. The smallest absolute Gasteiger partial charge is 0.261 e. The van der Waals surface area contributed by atoms with Crippen LogP contribution in [0.5, 0.6) is 0 Å². The van der Waals surface area contributed by atoms with Crippen molar-refractivity contribution < 1.29 is 9.59 Å². The third-order valence-electron chi connectivity index (χ3n) is 3.97. The highest BCUT2D eigenvalue weighted by molar-refractivity contribution is 14.0. The fourth-order valence-electron chi connectivity index (χ4n) is 2.71. The van der Waals surface area contributed by atoms with E-state index < -0.39 is 0 Å². The van der Waals surface area contributed by atoms with Gasteiger partial charge in [0, 0.05) is 31.6 Å². The molecule has 0 bridgehead atoms. The summed E-state index contributed by atoms with van der Waals surface area (Å²) in [7, 11) is 1.70. The van der Waals surface area contributed by atoms with Crippen LogP contribution in [0.15, 0.2) is 46.8 Å². The summed E-state index contributed by atoms with van der Waals surface area (Å²) in [5, 5.41) is 8.43. The van der Waals surface area contributed by atoms with Gasteiger partial charge in [-0.25, -0.2) is 0 Å². The highest BCUT2D eigenvalue weighted by Gasteiger charge is 2.34. The lowest BCUT2D eigenvalue weighted by atomic mass is 10.1. The molecule has 2 N–H and O–H groups in total. The Morgan fingerprint density at radius 3 is 2.27 bits per heavy atom. The number of amides is 2. The maximum absolute atomic E-state index is 12.3. The van der Waals surface area contributed by atoms with E-state index in [4.69, 9.17) is 0 Å². The van der Waals surface area contributed by atoms with Crippen molar-refractivity contribution in [3.05, 3.63) is 57.8 Å². The molecule has 0 spiro atoms. The summed E-state index contributed by atoms with van der Waals surface area (Å²) in [6, 6.07) is 11.1. The fraction of sp³-hybridized carbons (Fsp3) is 0.278. The van der Waals surface area contributed by atoms with E-state index in [0.717, 1.165) is 13.0 Å². The molecule has 0 aliphatic carbocycles. The molecule has 0 fully saturated rings. The van der Waals surface area contributed by atoms with Gasteiger partial charge in [-0.3, -0.25) is 19.5 Å². The number of fused-ring (bicyclic) bond motifs is 1. The first-order valence-electron chi connectivity index (χ1n) is 8.13. The second kappa shape index (κ2) is 9.67. The Morgan fingerprint density at radius 1 is 1.04 bits per heavy atom. The molecule has 2 amide bonds. The van der Waals surface area contributed by atoms with Gasteiger partial charge in [0.15, 0.2) is 5.96 Å². The normalized spacial score (nSPS) is 13.4. The van der Waals surface area contributed by atoms with Crippen LogP contribution in [0, 0.1) is 0 Å². The van der Waals surface area contributed by atoms with E-state index in [9.17, 15) is 9.59 Å². The van der Waals surface area contributed by atoms with Crippen molar-refractivity contribution in [2.45, 2.75) is 6.42 Å². The maximum Gasteiger partial charge on any atom is 0.261 e. The van der Waals surface area contributed by atoms with Crippen LogP contribution in [0.4, 0.5) is 0 Å². The number of benzene rings is 1. The van der Waals surface area contributed by atoms with Crippen LogP contribution in [-0.4, -0.2) is 49.4 Å². The van der Waals surface area contributed by atoms with Crippen molar-refractivity contribution in [1.29, 1.82) is 0 Å². The highest BCUT2D eigenvalue weighted by atomic mass is 127. The molecule has 8 heteroatoms. The first-order chi connectivity index (χ1) is 12.2. The van der Waals surface area contributed by atoms with E-state index in [1.54, 1.807) is 42.6 Å². The zero-order valence-corrected chi connectivity index (χ0v) is 17.5. The monoisotopic (exact) mass is 484 g/mol. The molecule has 0 saturated heterocycles. The number of hydrogen-bond acceptors (Lipinski definition) is 4. The third kappa shape index (κ3) is 4.61. The van der Waals surface area contributed by atoms with Crippen molar-refractivity contribution in [1.82, 2.24) is 15.5 Å². The van der Waals surface area contributed by atoms with Gasteiger partial charge in [0.25, 0.3) is 11.8 Å². The average molecular weight is 484 g/mol. The quantitative estimate of drug-likeness (QED) is 0.286. The van der Waals surface area contributed by atoms with Crippen LogP contribution in [0.1, 0.15) is 25.6 Å². The summed E-state index contributed by atoms with van der Waals surface area (Å²) in [6.07, 6.45) is 0.927. The Bertz CT molecular complexity index is 757. The number of carbonyl (C=O) groups is 2. The molecule has 1 aromatic carbocycles. The first-order valence-corrected chi connectivity index (χ1v) is 9.01. The molecule has 1 aromatic heterocycles. The zero-order valence-electron chi connectivity index (χ0n) is 14.4. The predicted molar refractivity (Wildman–Crippen MR) is 115 cm³/mol. The molecule has 138 valence electrons. The molecule has 0 unspecified atom stereocenters. The van der Waals surface area contributed by atoms with Gasteiger partial charge in [-0.1, -0.05) is 18.2 Å². The predicted octanol–water partition coefficient (Wildman–Crippen LogP) is 2.37. The van der Waals surface area contributed by atoms with Gasteiger partial charge in [-0.05, 0) is 30.0 Å². The number of rotatable bonds is 6. The SMILES string of the molecule is CN=C(NCCc1cccs1)NCCN1C(=O)c2ccccc2C1=O.I. The minimum absolute atomic E-state index is 0. The number of carbonyl (C=O) groups excluding carboxylic acids is 2. The summed E-state index contributed by atoms with van der Waals surface area (Å²) in [6.45, 7) is 1.52. The van der Waals surface area contributed by atoms with Gasteiger partial charge >= 0.3 is 0 Å². The van der Waals surface area contributed by atoms with Crippen LogP contribution in [0.3, 0.4) is 0 Å². The number of hydrogen-bond donors (Lipinski definition) is 2. The van der Waals surface area contributed by atoms with Crippen LogP contribution < -0.4 is 10.6 Å². The van der Waals surface area contributed by atoms with E-state index in [1.165, 1.54) is 9.78 Å². The molecular formula is C18H21IN4O2S. The molecular weight excluding hydrogens is 463 g/mol. The van der Waals surface area contributed by atoms with E-state index in [0.29, 0.717) is 30.2 Å². The maximum atomic E-state index is 12.3. The molecule has 6 nitrogen and oxygen atoms in total. The van der Waals surface area contributed by atoms with E-state index in [2.05, 4.69) is 27.1 Å². The van der Waals surface area contributed by atoms with E-state index in [1.807, 2.05) is 6.07 Å². The summed E-state index contributed by atoms with van der Waals surface area (Å²) in [4.78, 5) is 31.3. The minimum atomic E-state index is -0.233. The Hall–Kier alpha value is -1.94. The van der Waals surface area contributed by atoms with Gasteiger partial charge in [0.05, 0.1) is 11.1 Å². The van der Waals surface area contributed by atoms with E-state index >= 15 is 0 Å². The van der Waals surface area contributed by atoms with Crippen LogP contribution >= 0.6 is 35.3 Å². The van der Waals surface area contributed by atoms with Crippen molar-refractivity contribution >= 4 is 53.1 Å². The summed E-state index contributed by atoms with van der Waals surface area (Å²) >= 11 is 1.73. The molecule has 1 aliphatic heterocycles. The Kier molecular flexibility index (Phi) is 7.58. The number of guanidine groups is 1. The second-order valence-electron chi connectivity index (χ2n) is 5.56. The lowest BCUT2D eigenvalue weighted by Crippen LogP contribution is -2.43.